The molecule has 1 nitrogen and oxygen atoms in total. The molecule has 0 bridgehead atoms. The summed E-state index contributed by atoms with van der Waals surface area (Å²) in [4.78, 5) is 0. The average molecular weight is 205 g/mol. The Morgan fingerprint density at radius 3 is 2.27 bits per heavy atom. The fourth-order valence-electron chi connectivity index (χ4n) is 1.91. The Hall–Kier alpha value is -0.820. The van der Waals surface area contributed by atoms with Crippen molar-refractivity contribution in [3.8, 4) is 0 Å². The van der Waals surface area contributed by atoms with Crippen molar-refractivity contribution in [2.24, 2.45) is 0 Å². The van der Waals surface area contributed by atoms with Crippen LogP contribution in [-0.4, -0.2) is 13.1 Å². The summed E-state index contributed by atoms with van der Waals surface area (Å²) in [7, 11) is 0. The van der Waals surface area contributed by atoms with E-state index in [9.17, 15) is 0 Å². The Morgan fingerprint density at radius 1 is 1.13 bits per heavy atom. The van der Waals surface area contributed by atoms with Gasteiger partial charge in [-0.05, 0) is 38.3 Å². The third-order valence-electron chi connectivity index (χ3n) is 2.69. The second-order valence-electron chi connectivity index (χ2n) is 4.53. The SMILES string of the molecule is CCCNCC(C)c1cc(C)cc(C)c1. The van der Waals surface area contributed by atoms with Gasteiger partial charge in [0.2, 0.25) is 0 Å². The zero-order valence-electron chi connectivity index (χ0n) is 10.4. The Labute approximate surface area is 93.9 Å². The van der Waals surface area contributed by atoms with Crippen LogP contribution in [0.5, 0.6) is 0 Å². The smallest absolute Gasteiger partial charge is 0.00174 e. The molecule has 0 aliphatic heterocycles. The number of aryl methyl sites for hydroxylation is 2. The highest BCUT2D eigenvalue weighted by molar-refractivity contribution is 5.30. The van der Waals surface area contributed by atoms with Crippen molar-refractivity contribution in [3.05, 3.63) is 34.9 Å². The van der Waals surface area contributed by atoms with Gasteiger partial charge in [0.25, 0.3) is 0 Å². The van der Waals surface area contributed by atoms with Gasteiger partial charge in [0.15, 0.2) is 0 Å². The second-order valence-corrected chi connectivity index (χ2v) is 4.53. The standard InChI is InChI=1S/C14H23N/c1-5-6-15-10-13(4)14-8-11(2)7-12(3)9-14/h7-9,13,15H,5-6,10H2,1-4H3. The lowest BCUT2D eigenvalue weighted by Gasteiger charge is -2.14. The molecular weight excluding hydrogens is 182 g/mol. The van der Waals surface area contributed by atoms with E-state index in [4.69, 9.17) is 0 Å². The van der Waals surface area contributed by atoms with Crippen molar-refractivity contribution in [3.63, 3.8) is 0 Å². The van der Waals surface area contributed by atoms with Crippen LogP contribution in [0.25, 0.3) is 0 Å². The van der Waals surface area contributed by atoms with Crippen molar-refractivity contribution in [1.82, 2.24) is 5.32 Å². The first-order valence-electron chi connectivity index (χ1n) is 5.92. The maximum atomic E-state index is 3.47. The summed E-state index contributed by atoms with van der Waals surface area (Å²) >= 11 is 0. The molecule has 1 rings (SSSR count). The molecular formula is C14H23N. The van der Waals surface area contributed by atoms with Crippen LogP contribution >= 0.6 is 0 Å². The molecule has 0 saturated carbocycles. The highest BCUT2D eigenvalue weighted by Gasteiger charge is 2.05. The highest BCUT2D eigenvalue weighted by Crippen LogP contribution is 2.17. The van der Waals surface area contributed by atoms with Gasteiger partial charge in [0.1, 0.15) is 0 Å². The zero-order valence-corrected chi connectivity index (χ0v) is 10.4. The molecule has 0 aliphatic carbocycles. The van der Waals surface area contributed by atoms with Gasteiger partial charge in [0, 0.05) is 6.54 Å². The Bertz CT molecular complexity index is 284. The molecule has 0 amide bonds. The van der Waals surface area contributed by atoms with E-state index in [2.05, 4.69) is 51.2 Å². The monoisotopic (exact) mass is 205 g/mol. The Kier molecular flexibility index (Phi) is 4.83. The summed E-state index contributed by atoms with van der Waals surface area (Å²) in [6, 6.07) is 6.83. The van der Waals surface area contributed by atoms with Crippen LogP contribution in [0.1, 0.15) is 42.9 Å². The van der Waals surface area contributed by atoms with Gasteiger partial charge in [-0.2, -0.15) is 0 Å². The number of nitrogens with one attached hydrogen (secondary N) is 1. The summed E-state index contributed by atoms with van der Waals surface area (Å²) in [5, 5.41) is 3.47. The van der Waals surface area contributed by atoms with Crippen molar-refractivity contribution < 1.29 is 0 Å². The fourth-order valence-corrected chi connectivity index (χ4v) is 1.91. The van der Waals surface area contributed by atoms with Crippen LogP contribution in [-0.2, 0) is 0 Å². The molecule has 0 fully saturated rings. The zero-order chi connectivity index (χ0) is 11.3. The van der Waals surface area contributed by atoms with Gasteiger partial charge in [0.05, 0.1) is 0 Å². The van der Waals surface area contributed by atoms with E-state index in [1.165, 1.54) is 23.1 Å². The van der Waals surface area contributed by atoms with Crippen molar-refractivity contribution in [2.75, 3.05) is 13.1 Å². The summed E-state index contributed by atoms with van der Waals surface area (Å²) in [6.45, 7) is 11.0. The molecule has 1 aromatic carbocycles. The molecule has 1 aromatic rings. The molecule has 0 aromatic heterocycles. The van der Waals surface area contributed by atoms with Crippen LogP contribution in [0.2, 0.25) is 0 Å². The summed E-state index contributed by atoms with van der Waals surface area (Å²) in [5.74, 6) is 0.607. The first-order chi connectivity index (χ1) is 7.13. The summed E-state index contributed by atoms with van der Waals surface area (Å²) in [5.41, 5.74) is 4.19. The maximum absolute atomic E-state index is 3.47. The molecule has 84 valence electrons. The van der Waals surface area contributed by atoms with Gasteiger partial charge in [-0.1, -0.05) is 43.2 Å². The first-order valence-corrected chi connectivity index (χ1v) is 5.92. The summed E-state index contributed by atoms with van der Waals surface area (Å²) < 4.78 is 0. The van der Waals surface area contributed by atoms with E-state index in [1.54, 1.807) is 0 Å². The van der Waals surface area contributed by atoms with E-state index >= 15 is 0 Å². The van der Waals surface area contributed by atoms with Gasteiger partial charge in [-0.3, -0.25) is 0 Å². The molecule has 1 heteroatoms. The molecule has 0 aliphatic rings. The van der Waals surface area contributed by atoms with Crippen LogP contribution in [0.4, 0.5) is 0 Å². The minimum Gasteiger partial charge on any atom is -0.316 e. The molecule has 1 atom stereocenters. The predicted octanol–water partition coefficient (Wildman–Crippen LogP) is 3.41. The molecule has 0 radical (unpaired) electrons. The molecule has 0 heterocycles. The lowest BCUT2D eigenvalue weighted by atomic mass is 9.97. The molecule has 0 saturated heterocycles. The average Bonchev–Trinajstić information content (AvgIpc) is 2.16. The van der Waals surface area contributed by atoms with E-state index in [0.29, 0.717) is 5.92 Å². The van der Waals surface area contributed by atoms with Crippen LogP contribution < -0.4 is 5.32 Å². The van der Waals surface area contributed by atoms with Crippen molar-refractivity contribution in [1.29, 1.82) is 0 Å². The van der Waals surface area contributed by atoms with Crippen LogP contribution in [0.15, 0.2) is 18.2 Å². The third kappa shape index (κ3) is 4.05. The van der Waals surface area contributed by atoms with Crippen LogP contribution in [0, 0.1) is 13.8 Å². The number of rotatable bonds is 5. The Morgan fingerprint density at radius 2 is 1.73 bits per heavy atom. The predicted molar refractivity (Wildman–Crippen MR) is 67.5 cm³/mol. The minimum atomic E-state index is 0.607. The van der Waals surface area contributed by atoms with Gasteiger partial charge in [-0.25, -0.2) is 0 Å². The van der Waals surface area contributed by atoms with Gasteiger partial charge in [-0.15, -0.1) is 0 Å². The molecule has 0 spiro atoms. The van der Waals surface area contributed by atoms with Crippen molar-refractivity contribution in [2.45, 2.75) is 40.0 Å². The van der Waals surface area contributed by atoms with E-state index in [0.717, 1.165) is 13.1 Å². The normalized spacial score (nSPS) is 12.8. The second kappa shape index (κ2) is 5.92. The van der Waals surface area contributed by atoms with Crippen LogP contribution in [0.3, 0.4) is 0 Å². The summed E-state index contributed by atoms with van der Waals surface area (Å²) in [6.07, 6.45) is 1.21. The minimum absolute atomic E-state index is 0.607. The lowest BCUT2D eigenvalue weighted by Crippen LogP contribution is -2.20. The van der Waals surface area contributed by atoms with E-state index in [-0.39, 0.29) is 0 Å². The topological polar surface area (TPSA) is 12.0 Å². The molecule has 15 heavy (non-hydrogen) atoms. The third-order valence-corrected chi connectivity index (χ3v) is 2.69. The van der Waals surface area contributed by atoms with Gasteiger partial charge >= 0.3 is 0 Å². The molecule has 1 unspecified atom stereocenters. The van der Waals surface area contributed by atoms with E-state index < -0.39 is 0 Å². The number of hydrogen-bond donors (Lipinski definition) is 1. The highest BCUT2D eigenvalue weighted by atomic mass is 14.8. The quantitative estimate of drug-likeness (QED) is 0.726. The first kappa shape index (κ1) is 12.3. The lowest BCUT2D eigenvalue weighted by molar-refractivity contribution is 0.609. The maximum Gasteiger partial charge on any atom is 0.00174 e. The Balaban J connectivity index is 2.60. The fraction of sp³-hybridized carbons (Fsp3) is 0.571. The molecule has 1 N–H and O–H groups in total. The van der Waals surface area contributed by atoms with Crippen molar-refractivity contribution >= 4 is 0 Å². The van der Waals surface area contributed by atoms with E-state index in [1.807, 2.05) is 0 Å². The van der Waals surface area contributed by atoms with Gasteiger partial charge < -0.3 is 5.32 Å². The largest absolute Gasteiger partial charge is 0.316 e. The number of hydrogen-bond acceptors (Lipinski definition) is 1. The number of benzene rings is 1.